The Morgan fingerprint density at radius 2 is 1.62 bits per heavy atom. The van der Waals surface area contributed by atoms with Crippen LogP contribution in [0.1, 0.15) is 17.0 Å². The van der Waals surface area contributed by atoms with E-state index in [1.807, 2.05) is 62.4 Å². The van der Waals surface area contributed by atoms with Gasteiger partial charge in [-0.05, 0) is 42.7 Å². The number of aryl methyl sites for hydroxylation is 2. The molecule has 0 unspecified atom stereocenters. The van der Waals surface area contributed by atoms with Crippen LogP contribution in [-0.4, -0.2) is 32.0 Å². The molecular weight excluding hydrogens is 402 g/mol. The molecule has 0 radical (unpaired) electrons. The smallest absolute Gasteiger partial charge is 0.266 e. The number of nitrogens with zero attached hydrogens (tertiary/aromatic N) is 4. The average Bonchev–Trinajstić information content (AvgIpc) is 3.14. The number of nitrogens with one attached hydrogen (secondary N) is 1. The molecule has 7 nitrogen and oxygen atoms in total. The lowest BCUT2D eigenvalue weighted by Crippen LogP contribution is -2.33. The highest BCUT2D eigenvalue weighted by Crippen LogP contribution is 2.19. The summed E-state index contributed by atoms with van der Waals surface area (Å²) in [5.41, 5.74) is 4.79. The van der Waals surface area contributed by atoms with Crippen LogP contribution in [0, 0.1) is 13.8 Å². The minimum Gasteiger partial charge on any atom is -0.354 e. The van der Waals surface area contributed by atoms with Gasteiger partial charge in [0.25, 0.3) is 5.56 Å². The lowest BCUT2D eigenvalue weighted by atomic mass is 10.0. The van der Waals surface area contributed by atoms with Gasteiger partial charge in [-0.25, -0.2) is 9.36 Å². The van der Waals surface area contributed by atoms with E-state index in [0.717, 1.165) is 28.1 Å². The summed E-state index contributed by atoms with van der Waals surface area (Å²) in [6, 6.07) is 23.1. The van der Waals surface area contributed by atoms with Crippen LogP contribution in [0.15, 0.2) is 77.6 Å². The fourth-order valence-electron chi connectivity index (χ4n) is 3.57. The molecule has 0 saturated heterocycles. The van der Waals surface area contributed by atoms with E-state index in [2.05, 4.69) is 27.6 Å². The summed E-state index contributed by atoms with van der Waals surface area (Å²) in [6.07, 6.45) is 0.281. The minimum absolute atomic E-state index is 0.0970. The SMILES string of the molecule is Cc1cc(C)n(-c2ccc(=O)n(CCNC(=O)Cc3ccc(-c4ccccc4)cc3)n2)n1. The van der Waals surface area contributed by atoms with E-state index < -0.39 is 0 Å². The van der Waals surface area contributed by atoms with Gasteiger partial charge >= 0.3 is 0 Å². The number of amides is 1. The molecule has 162 valence electrons. The molecule has 7 heteroatoms. The van der Waals surface area contributed by atoms with Gasteiger partial charge in [-0.2, -0.15) is 5.10 Å². The number of hydrogen-bond acceptors (Lipinski definition) is 4. The van der Waals surface area contributed by atoms with E-state index >= 15 is 0 Å². The summed E-state index contributed by atoms with van der Waals surface area (Å²) in [6.45, 7) is 4.44. The van der Waals surface area contributed by atoms with Crippen molar-refractivity contribution in [1.29, 1.82) is 0 Å². The predicted octanol–water partition coefficient (Wildman–Crippen LogP) is 3.07. The fraction of sp³-hybridized carbons (Fsp3) is 0.200. The third-order valence-corrected chi connectivity index (χ3v) is 5.15. The third-order valence-electron chi connectivity index (χ3n) is 5.15. The van der Waals surface area contributed by atoms with E-state index in [1.54, 1.807) is 10.7 Å². The van der Waals surface area contributed by atoms with Crippen molar-refractivity contribution in [2.45, 2.75) is 26.8 Å². The van der Waals surface area contributed by atoms with Crippen LogP contribution >= 0.6 is 0 Å². The lowest BCUT2D eigenvalue weighted by molar-refractivity contribution is -0.120. The molecule has 4 aromatic rings. The molecular formula is C25H25N5O2. The Morgan fingerprint density at radius 1 is 0.906 bits per heavy atom. The zero-order valence-corrected chi connectivity index (χ0v) is 18.2. The molecule has 0 atom stereocenters. The highest BCUT2D eigenvalue weighted by atomic mass is 16.1. The maximum absolute atomic E-state index is 12.3. The number of carbonyl (C=O) groups is 1. The molecule has 0 saturated carbocycles. The second kappa shape index (κ2) is 9.43. The van der Waals surface area contributed by atoms with Gasteiger partial charge in [-0.1, -0.05) is 54.6 Å². The number of rotatable bonds is 7. The third kappa shape index (κ3) is 5.00. The fourth-order valence-corrected chi connectivity index (χ4v) is 3.57. The summed E-state index contributed by atoms with van der Waals surface area (Å²) >= 11 is 0. The van der Waals surface area contributed by atoms with E-state index in [0.29, 0.717) is 12.4 Å². The molecule has 2 aromatic heterocycles. The van der Waals surface area contributed by atoms with Crippen molar-refractivity contribution in [2.75, 3.05) is 6.54 Å². The van der Waals surface area contributed by atoms with Crippen molar-refractivity contribution in [3.63, 3.8) is 0 Å². The first-order valence-electron chi connectivity index (χ1n) is 10.5. The van der Waals surface area contributed by atoms with Crippen LogP contribution in [0.2, 0.25) is 0 Å². The summed E-state index contributed by atoms with van der Waals surface area (Å²) in [7, 11) is 0. The van der Waals surface area contributed by atoms with Crippen molar-refractivity contribution >= 4 is 5.91 Å². The first kappa shape index (κ1) is 21.2. The van der Waals surface area contributed by atoms with Gasteiger partial charge in [0.1, 0.15) is 0 Å². The van der Waals surface area contributed by atoms with Crippen molar-refractivity contribution in [1.82, 2.24) is 24.9 Å². The number of carbonyl (C=O) groups excluding carboxylic acids is 1. The van der Waals surface area contributed by atoms with Gasteiger partial charge < -0.3 is 5.32 Å². The second-order valence-electron chi connectivity index (χ2n) is 7.68. The van der Waals surface area contributed by atoms with Gasteiger partial charge in [0.05, 0.1) is 18.7 Å². The minimum atomic E-state index is -0.221. The quantitative estimate of drug-likeness (QED) is 0.491. The summed E-state index contributed by atoms with van der Waals surface area (Å²) in [5, 5.41) is 11.7. The standard InChI is InChI=1S/C25H25N5O2/c1-18-16-19(2)30(27-18)23-12-13-25(32)29(28-23)15-14-26-24(31)17-20-8-10-22(11-9-20)21-6-4-3-5-7-21/h3-13,16H,14-15,17H2,1-2H3,(H,26,31). The van der Waals surface area contributed by atoms with Crippen LogP contribution in [-0.2, 0) is 17.8 Å². The van der Waals surface area contributed by atoms with Crippen LogP contribution in [0.5, 0.6) is 0 Å². The van der Waals surface area contributed by atoms with E-state index in [-0.39, 0.29) is 24.4 Å². The molecule has 0 aliphatic heterocycles. The van der Waals surface area contributed by atoms with Gasteiger partial charge in [0, 0.05) is 18.3 Å². The zero-order chi connectivity index (χ0) is 22.5. The zero-order valence-electron chi connectivity index (χ0n) is 18.2. The van der Waals surface area contributed by atoms with Crippen LogP contribution < -0.4 is 10.9 Å². The lowest BCUT2D eigenvalue weighted by Gasteiger charge is -2.09. The van der Waals surface area contributed by atoms with Crippen LogP contribution in [0.4, 0.5) is 0 Å². The van der Waals surface area contributed by atoms with Crippen molar-refractivity contribution in [3.05, 3.63) is 100 Å². The maximum atomic E-state index is 12.3. The summed E-state index contributed by atoms with van der Waals surface area (Å²) in [4.78, 5) is 24.5. The molecule has 2 aromatic carbocycles. The van der Waals surface area contributed by atoms with Crippen molar-refractivity contribution in [2.24, 2.45) is 0 Å². The Hall–Kier alpha value is -4.00. The summed E-state index contributed by atoms with van der Waals surface area (Å²) in [5.74, 6) is 0.472. The molecule has 0 fully saturated rings. The first-order valence-corrected chi connectivity index (χ1v) is 10.5. The Labute approximate surface area is 186 Å². The number of aromatic nitrogens is 4. The molecule has 2 heterocycles. The number of benzene rings is 2. The molecule has 0 aliphatic carbocycles. The van der Waals surface area contributed by atoms with Crippen molar-refractivity contribution in [3.8, 4) is 16.9 Å². The Balaban J connectivity index is 1.33. The topological polar surface area (TPSA) is 81.8 Å². The summed E-state index contributed by atoms with van der Waals surface area (Å²) < 4.78 is 3.05. The highest BCUT2D eigenvalue weighted by molar-refractivity contribution is 5.78. The average molecular weight is 428 g/mol. The molecule has 0 bridgehead atoms. The maximum Gasteiger partial charge on any atom is 0.266 e. The highest BCUT2D eigenvalue weighted by Gasteiger charge is 2.08. The molecule has 4 rings (SSSR count). The Bertz CT molecular complexity index is 1270. The molecule has 1 amide bonds. The van der Waals surface area contributed by atoms with Gasteiger partial charge in [0.2, 0.25) is 5.91 Å². The predicted molar refractivity (Wildman–Crippen MR) is 124 cm³/mol. The first-order chi connectivity index (χ1) is 15.5. The van der Waals surface area contributed by atoms with E-state index in [9.17, 15) is 9.59 Å². The molecule has 32 heavy (non-hydrogen) atoms. The van der Waals surface area contributed by atoms with Gasteiger partial charge in [-0.3, -0.25) is 9.59 Å². The van der Waals surface area contributed by atoms with E-state index in [1.165, 1.54) is 10.7 Å². The van der Waals surface area contributed by atoms with Gasteiger partial charge in [-0.15, -0.1) is 5.10 Å². The van der Waals surface area contributed by atoms with Crippen LogP contribution in [0.25, 0.3) is 16.9 Å². The second-order valence-corrected chi connectivity index (χ2v) is 7.68. The Morgan fingerprint density at radius 3 is 2.31 bits per heavy atom. The molecule has 0 aliphatic rings. The van der Waals surface area contributed by atoms with Gasteiger partial charge in [0.15, 0.2) is 5.82 Å². The molecule has 1 N–H and O–H groups in total. The normalized spacial score (nSPS) is 10.8. The van der Waals surface area contributed by atoms with E-state index in [4.69, 9.17) is 0 Å². The van der Waals surface area contributed by atoms with Crippen LogP contribution in [0.3, 0.4) is 0 Å². The largest absolute Gasteiger partial charge is 0.354 e. The molecule has 0 spiro atoms. The Kier molecular flexibility index (Phi) is 6.26. The van der Waals surface area contributed by atoms with Crippen molar-refractivity contribution < 1.29 is 4.79 Å². The number of hydrogen-bond donors (Lipinski definition) is 1. The monoisotopic (exact) mass is 427 g/mol.